The van der Waals surface area contributed by atoms with Crippen molar-refractivity contribution in [1.29, 1.82) is 0 Å². The Morgan fingerprint density at radius 3 is 1.24 bits per heavy atom. The molecule has 0 fully saturated rings. The molecule has 514 valence electrons. The Hall–Kier alpha value is -10.6. The second kappa shape index (κ2) is 47.3. The minimum atomic E-state index is 0.990. The SMILES string of the molecule is CCCCn1cc[n+](C)c1.C[N+](C)(C)Cc1ccccc1.C[n+]1cc[nH]c1.C[n+]1ccc(-c2ccccc2)cc1.C[n+]1cccc(-c2ccccc2)c1.C[n+]1ccccc1.Cc1cc[n+](C)cc1.Cc1cc[nH+]cc1.Cc1cccc[n+]1C.Cc1n(C)cc[n+]1C.Cn1cc[n+](C)c1. The van der Waals surface area contributed by atoms with Gasteiger partial charge in [-0.2, -0.15) is 0 Å². The maximum atomic E-state index is 2.93. The van der Waals surface area contributed by atoms with E-state index in [1.54, 1.807) is 0 Å². The van der Waals surface area contributed by atoms with Gasteiger partial charge in [-0.05, 0) is 54.2 Å². The quantitative estimate of drug-likeness (QED) is 0.122. The average Bonchev–Trinajstić information content (AvgIpc) is 1.63. The summed E-state index contributed by atoms with van der Waals surface area (Å²) in [6.07, 6.45) is 46.8. The highest BCUT2D eigenvalue weighted by Crippen LogP contribution is 2.17. The van der Waals surface area contributed by atoms with Crippen LogP contribution >= 0.6 is 0 Å². The van der Waals surface area contributed by atoms with Crippen molar-refractivity contribution in [2.45, 2.75) is 60.5 Å². The highest BCUT2D eigenvalue weighted by atomic mass is 15.3. The van der Waals surface area contributed by atoms with E-state index >= 15 is 0 Å². The predicted octanol–water partition coefficient (Wildman–Crippen LogP) is 10.2. The molecule has 0 spiro atoms. The Labute approximate surface area is 588 Å². The van der Waals surface area contributed by atoms with Gasteiger partial charge >= 0.3 is 0 Å². The molecule has 13 aromatic rings. The molecule has 0 radical (unpaired) electrons. The third kappa shape index (κ3) is 38.7. The second-order valence-electron chi connectivity index (χ2n) is 25.0. The summed E-state index contributed by atoms with van der Waals surface area (Å²) in [6, 6.07) is 60.1. The first-order chi connectivity index (χ1) is 46.9. The van der Waals surface area contributed by atoms with Crippen LogP contribution in [0.5, 0.6) is 0 Å². The number of aryl methyl sites for hydroxylation is 15. The summed E-state index contributed by atoms with van der Waals surface area (Å²) in [7, 11) is 28.8. The van der Waals surface area contributed by atoms with Crippen LogP contribution in [0.1, 0.15) is 48.0 Å². The first-order valence-electron chi connectivity index (χ1n) is 33.4. The van der Waals surface area contributed by atoms with Gasteiger partial charge < -0.3 is 4.48 Å². The molecule has 0 aliphatic carbocycles. The van der Waals surface area contributed by atoms with Gasteiger partial charge in [0.2, 0.25) is 19.0 Å². The van der Waals surface area contributed by atoms with Crippen molar-refractivity contribution in [3.8, 4) is 22.3 Å². The number of hydrogen-bond acceptors (Lipinski definition) is 0. The van der Waals surface area contributed by atoms with Crippen molar-refractivity contribution in [3.63, 3.8) is 0 Å². The molecule has 0 aliphatic heterocycles. The molecule has 0 aliphatic rings. The molecule has 10 aromatic heterocycles. The van der Waals surface area contributed by atoms with Crippen LogP contribution < -0.4 is 46.1 Å². The third-order valence-electron chi connectivity index (χ3n) is 14.6. The van der Waals surface area contributed by atoms with Crippen LogP contribution in [0, 0.1) is 27.7 Å². The summed E-state index contributed by atoms with van der Waals surface area (Å²) in [4.78, 5) is 5.83. The molecule has 0 bridgehead atoms. The van der Waals surface area contributed by atoms with E-state index < -0.39 is 0 Å². The van der Waals surface area contributed by atoms with Crippen LogP contribution in [-0.2, 0) is 90.6 Å². The molecule has 0 amide bonds. The maximum Gasteiger partial charge on any atom is 0.252 e. The van der Waals surface area contributed by atoms with Crippen molar-refractivity contribution in [1.82, 2.24) is 18.7 Å². The molecule has 0 atom stereocenters. The van der Waals surface area contributed by atoms with Crippen LogP contribution in [0.25, 0.3) is 22.3 Å². The summed E-state index contributed by atoms with van der Waals surface area (Å²) >= 11 is 0. The lowest BCUT2D eigenvalue weighted by atomic mass is 10.1. The number of nitrogens with one attached hydrogen (secondary N) is 2. The molecule has 10 heterocycles. The van der Waals surface area contributed by atoms with Crippen LogP contribution in [0.3, 0.4) is 0 Å². The first-order valence-corrected chi connectivity index (χ1v) is 33.4. The maximum absolute atomic E-state index is 2.93. The fraction of sp³-hybridized carbons (Fsp3) is 0.277. The monoisotopic (exact) mass is 1320 g/mol. The summed E-state index contributed by atoms with van der Waals surface area (Å²) in [5.41, 5.74) is 10.3. The molecule has 13 rings (SSSR count). The van der Waals surface area contributed by atoms with Gasteiger partial charge in [0.15, 0.2) is 73.9 Å². The minimum Gasteiger partial charge on any atom is -0.327 e. The number of quaternary nitrogens is 1. The Kier molecular flexibility index (Phi) is 39.4. The number of nitrogens with zero attached hydrogens (tertiary/aromatic N) is 13. The first kappa shape index (κ1) is 81.6. The van der Waals surface area contributed by atoms with E-state index in [0.717, 1.165) is 17.6 Å². The molecule has 2 N–H and O–H groups in total. The van der Waals surface area contributed by atoms with E-state index in [4.69, 9.17) is 0 Å². The van der Waals surface area contributed by atoms with E-state index in [1.807, 2.05) is 259 Å². The zero-order valence-corrected chi connectivity index (χ0v) is 62.6. The van der Waals surface area contributed by atoms with E-state index in [0.29, 0.717) is 0 Å². The van der Waals surface area contributed by atoms with Crippen LogP contribution in [-0.4, -0.2) is 44.3 Å². The molecular formula is C83H118N15+11. The number of aromatic amines is 2. The van der Waals surface area contributed by atoms with Crippen molar-refractivity contribution in [2.75, 3.05) is 21.1 Å². The molecule has 15 nitrogen and oxygen atoms in total. The summed E-state index contributed by atoms with van der Waals surface area (Å²) in [5, 5.41) is 0. The Balaban J connectivity index is 0.000000283. The van der Waals surface area contributed by atoms with E-state index in [9.17, 15) is 0 Å². The number of benzene rings is 3. The molecule has 0 saturated heterocycles. The van der Waals surface area contributed by atoms with Crippen LogP contribution in [0.15, 0.2) is 313 Å². The summed E-state index contributed by atoms with van der Waals surface area (Å²) < 4.78 is 25.6. The van der Waals surface area contributed by atoms with Crippen LogP contribution in [0.4, 0.5) is 0 Å². The Morgan fingerprint density at radius 2 is 0.888 bits per heavy atom. The number of rotatable bonds is 7. The summed E-state index contributed by atoms with van der Waals surface area (Å²) in [5.74, 6) is 1.27. The standard InChI is InChI=1S/2C12H12N.C10H16N.C8H15N2.2C7H10N.C6H11N2.C6H7N.C6H8N.C5H9N2.C4H6N2/c1-13-9-5-8-12(10-13)11-6-3-2-4-7-11;1-13-9-7-12(8-10-13)11-5-3-2-4-6-11;1-11(2,3)9-10-7-5-4-6-8-10;1-3-4-5-10-7-6-9(2)8-10;1-7-3-5-8(2)6-4-7;1-7-5-3-4-6-8(7)2;1-6-7(2)4-5-8(6)3;1-6-2-4-7-5-3-6;1-7-5-3-2-4-6-7;1-6-3-4-7(2)5-6;1-6-3-2-5-4-6/h2*2-10H,1H3;4-8H,9H2,1-3H3;6-8H,3-5H2,1-2H3;2*3-6H,1-2H3;4-5H,1-3H3;2-5H,1H3;2-6H,1H3;3-5H,1-2H3;2-4H,1H3/q7*+1;;2*+1;/p+2. The number of pyridine rings is 6. The summed E-state index contributed by atoms with van der Waals surface area (Å²) in [6.45, 7) is 12.8. The topological polar surface area (TPSA) is 79.6 Å². The fourth-order valence-corrected chi connectivity index (χ4v) is 8.56. The van der Waals surface area contributed by atoms with Crippen LogP contribution in [0.2, 0.25) is 0 Å². The molecule has 98 heavy (non-hydrogen) atoms. The highest BCUT2D eigenvalue weighted by Gasteiger charge is 2.07. The largest absolute Gasteiger partial charge is 0.327 e. The van der Waals surface area contributed by atoms with E-state index in [-0.39, 0.29) is 0 Å². The lowest BCUT2D eigenvalue weighted by Gasteiger charge is -2.23. The van der Waals surface area contributed by atoms with Gasteiger partial charge in [-0.15, -0.1) is 0 Å². The molecule has 0 saturated carbocycles. The average molecular weight is 1330 g/mol. The van der Waals surface area contributed by atoms with Gasteiger partial charge in [-0.1, -0.05) is 116 Å². The highest BCUT2D eigenvalue weighted by molar-refractivity contribution is 5.62. The predicted molar refractivity (Wildman–Crippen MR) is 395 cm³/mol. The number of unbranched alkanes of at least 4 members (excludes halogenated alkanes) is 1. The fourth-order valence-electron chi connectivity index (χ4n) is 8.56. The Bertz CT molecular complexity index is 3930. The molecule has 3 aromatic carbocycles. The smallest absolute Gasteiger partial charge is 0.252 e. The van der Waals surface area contributed by atoms with Crippen molar-refractivity contribution in [3.05, 3.63) is 341 Å². The number of aromatic nitrogens is 14. The zero-order chi connectivity index (χ0) is 71.9. The Morgan fingerprint density at radius 1 is 0.408 bits per heavy atom. The normalized spacial score (nSPS) is 9.74. The van der Waals surface area contributed by atoms with E-state index in [1.165, 1.54) is 63.3 Å². The second-order valence-corrected chi connectivity index (χ2v) is 25.0. The molecule has 15 heteroatoms. The van der Waals surface area contributed by atoms with Crippen molar-refractivity contribution in [2.24, 2.45) is 77.5 Å². The van der Waals surface area contributed by atoms with Crippen molar-refractivity contribution < 1.29 is 50.6 Å². The number of H-pyrrole nitrogens is 2. The van der Waals surface area contributed by atoms with Crippen molar-refractivity contribution >= 4 is 0 Å². The lowest BCUT2D eigenvalue weighted by molar-refractivity contribution is -0.884. The van der Waals surface area contributed by atoms with Gasteiger partial charge in [0.25, 0.3) is 5.82 Å². The zero-order valence-electron chi connectivity index (χ0n) is 62.6. The van der Waals surface area contributed by atoms with Gasteiger partial charge in [-0.3, -0.25) is 4.98 Å². The van der Waals surface area contributed by atoms with E-state index in [2.05, 4.69) is 252 Å². The molecular weight excluding hydrogens is 1210 g/mol. The third-order valence-corrected chi connectivity index (χ3v) is 14.6. The molecule has 0 unspecified atom stereocenters. The number of hydrogen-bond donors (Lipinski definition) is 1. The van der Waals surface area contributed by atoms with Gasteiger partial charge in [0.1, 0.15) is 91.4 Å². The van der Waals surface area contributed by atoms with Gasteiger partial charge in [0, 0.05) is 91.7 Å². The lowest BCUT2D eigenvalue weighted by Crippen LogP contribution is -2.33. The minimum absolute atomic E-state index is 0.990. The number of imidazole rings is 4. The van der Waals surface area contributed by atoms with Gasteiger partial charge in [0.05, 0.1) is 70.0 Å². The van der Waals surface area contributed by atoms with Gasteiger partial charge in [-0.25, -0.2) is 59.8 Å².